The van der Waals surface area contributed by atoms with Crippen LogP contribution in [0.15, 0.2) is 48.5 Å². The Balaban J connectivity index is 2.07. The summed E-state index contributed by atoms with van der Waals surface area (Å²) in [6.07, 6.45) is -14.3. The Kier molecular flexibility index (Phi) is 5.71. The van der Waals surface area contributed by atoms with E-state index in [0.717, 1.165) is 36.4 Å². The fraction of sp³-hybridized carbons (Fsp3) is 0.188. The van der Waals surface area contributed by atoms with Crippen LogP contribution >= 0.6 is 0 Å². The van der Waals surface area contributed by atoms with Gasteiger partial charge in [-0.2, -0.15) is 22.0 Å². The molecular weight excluding hydrogens is 406 g/mol. The van der Waals surface area contributed by atoms with Gasteiger partial charge in [-0.1, -0.05) is 6.07 Å². The second kappa shape index (κ2) is 7.52. The molecule has 12 heteroatoms. The lowest BCUT2D eigenvalue weighted by Crippen LogP contribution is -2.40. The lowest BCUT2D eigenvalue weighted by molar-refractivity contribution is -0.274. The van der Waals surface area contributed by atoms with Gasteiger partial charge in [-0.25, -0.2) is 0 Å². The van der Waals surface area contributed by atoms with Crippen molar-refractivity contribution < 1.29 is 49.4 Å². The number of benzene rings is 2. The van der Waals surface area contributed by atoms with Crippen LogP contribution in [0.3, 0.4) is 0 Å². The fourth-order valence-corrected chi connectivity index (χ4v) is 1.87. The lowest BCUT2D eigenvalue weighted by atomic mass is 10.2. The highest BCUT2D eigenvalue weighted by Crippen LogP contribution is 2.33. The first-order valence-electron chi connectivity index (χ1n) is 7.18. The van der Waals surface area contributed by atoms with Crippen LogP contribution in [0, 0.1) is 0 Å². The monoisotopic (exact) mass is 415 g/mol. The van der Waals surface area contributed by atoms with E-state index < -0.39 is 41.6 Å². The van der Waals surface area contributed by atoms with E-state index in [2.05, 4.69) is 9.47 Å². The van der Waals surface area contributed by atoms with Gasteiger partial charge >= 0.3 is 24.6 Å². The van der Waals surface area contributed by atoms with Crippen molar-refractivity contribution in [2.75, 3.05) is 5.32 Å². The van der Waals surface area contributed by atoms with Gasteiger partial charge in [0.2, 0.25) is 0 Å². The van der Waals surface area contributed by atoms with Gasteiger partial charge in [0.05, 0.1) is 5.56 Å². The quantitative estimate of drug-likeness (QED) is 0.682. The van der Waals surface area contributed by atoms with Crippen molar-refractivity contribution in [3.8, 4) is 11.5 Å². The summed E-state index contributed by atoms with van der Waals surface area (Å²) in [4.78, 5) is 11.6. The maximum atomic E-state index is 13.8. The average molecular weight is 415 g/mol. The maximum absolute atomic E-state index is 13.8. The van der Waals surface area contributed by atoms with Crippen LogP contribution in [0.1, 0.15) is 5.56 Å². The summed E-state index contributed by atoms with van der Waals surface area (Å²) >= 11 is 0. The van der Waals surface area contributed by atoms with Gasteiger partial charge in [-0.15, -0.1) is 13.2 Å². The van der Waals surface area contributed by atoms with E-state index in [-0.39, 0.29) is 11.8 Å². The molecule has 1 N–H and O–H groups in total. The molecule has 0 saturated carbocycles. The van der Waals surface area contributed by atoms with E-state index in [0.29, 0.717) is 6.07 Å². The van der Waals surface area contributed by atoms with Gasteiger partial charge in [0.15, 0.2) is 0 Å². The van der Waals surface area contributed by atoms with Gasteiger partial charge in [0.1, 0.15) is 11.5 Å². The van der Waals surface area contributed by atoms with E-state index in [1.54, 1.807) is 5.32 Å². The Morgan fingerprint density at radius 3 is 1.93 bits per heavy atom. The van der Waals surface area contributed by atoms with Crippen molar-refractivity contribution in [3.05, 3.63) is 54.1 Å². The summed E-state index contributed by atoms with van der Waals surface area (Å²) in [6.45, 7) is 0. The van der Waals surface area contributed by atoms with Crippen molar-refractivity contribution in [2.24, 2.45) is 0 Å². The lowest BCUT2D eigenvalue weighted by Gasteiger charge is -2.18. The number of hydrogen-bond donors (Lipinski definition) is 1. The predicted molar refractivity (Wildman–Crippen MR) is 78.8 cm³/mol. The molecule has 0 aliphatic rings. The minimum absolute atomic E-state index is 0.282. The van der Waals surface area contributed by atoms with Gasteiger partial charge in [-0.05, 0) is 42.5 Å². The second-order valence-electron chi connectivity index (χ2n) is 5.17. The summed E-state index contributed by atoms with van der Waals surface area (Å²) in [5.41, 5.74) is -1.59. The highest BCUT2D eigenvalue weighted by Gasteiger charge is 2.43. The van der Waals surface area contributed by atoms with Crippen LogP contribution in [-0.2, 0) is 11.0 Å². The molecule has 152 valence electrons. The smallest absolute Gasteiger partial charge is 0.425 e. The zero-order valence-corrected chi connectivity index (χ0v) is 13.4. The molecule has 0 fully saturated rings. The van der Waals surface area contributed by atoms with Crippen molar-refractivity contribution in [3.63, 3.8) is 0 Å². The number of amides is 1. The van der Waals surface area contributed by atoms with Crippen molar-refractivity contribution in [1.82, 2.24) is 0 Å². The first kappa shape index (κ1) is 21.3. The van der Waals surface area contributed by atoms with Gasteiger partial charge in [0, 0.05) is 5.69 Å². The molecule has 0 aliphatic carbocycles. The highest BCUT2D eigenvalue weighted by molar-refractivity contribution is 5.95. The van der Waals surface area contributed by atoms with E-state index in [1.807, 2.05) is 0 Å². The molecule has 2 rings (SSSR count). The minimum atomic E-state index is -4.96. The minimum Gasteiger partial charge on any atom is -0.425 e. The number of rotatable bonds is 5. The molecule has 4 nitrogen and oxygen atoms in total. The third-order valence-corrected chi connectivity index (χ3v) is 3.02. The summed E-state index contributed by atoms with van der Waals surface area (Å²) in [5.74, 6) is -3.62. The second-order valence-corrected chi connectivity index (χ2v) is 5.17. The molecule has 0 aliphatic heterocycles. The predicted octanol–water partition coefficient (Wildman–Crippen LogP) is 5.21. The summed E-state index contributed by atoms with van der Waals surface area (Å²) in [5, 5.41) is 1.66. The molecule has 28 heavy (non-hydrogen) atoms. The van der Waals surface area contributed by atoms with Gasteiger partial charge in [-0.3, -0.25) is 4.79 Å². The summed E-state index contributed by atoms with van der Waals surface area (Å²) < 4.78 is 109. The molecule has 0 heterocycles. The van der Waals surface area contributed by atoms with Crippen molar-refractivity contribution in [2.45, 2.75) is 18.6 Å². The Bertz CT molecular complexity index is 831. The van der Waals surface area contributed by atoms with Crippen LogP contribution < -0.4 is 14.8 Å². The van der Waals surface area contributed by atoms with Gasteiger partial charge in [0.25, 0.3) is 0 Å². The molecular formula is C16H9F8NO3. The van der Waals surface area contributed by atoms with Crippen LogP contribution in [0.25, 0.3) is 0 Å². The molecule has 2 aromatic rings. The summed E-state index contributed by atoms with van der Waals surface area (Å²) in [7, 11) is 0. The van der Waals surface area contributed by atoms with Crippen LogP contribution in [0.4, 0.5) is 40.8 Å². The SMILES string of the molecule is O=C(Nc1ccc(OC(F)(F)F)cc1)C(F)(F)Oc1cccc(C(F)(F)F)c1. The number of anilines is 1. The maximum Gasteiger partial charge on any atom is 0.573 e. The topological polar surface area (TPSA) is 47.6 Å². The molecule has 0 aromatic heterocycles. The molecule has 0 atom stereocenters. The third kappa shape index (κ3) is 5.99. The first-order chi connectivity index (χ1) is 12.8. The Morgan fingerprint density at radius 1 is 0.786 bits per heavy atom. The van der Waals surface area contributed by atoms with Crippen molar-refractivity contribution in [1.29, 1.82) is 0 Å². The van der Waals surface area contributed by atoms with Gasteiger partial charge < -0.3 is 14.8 Å². The van der Waals surface area contributed by atoms with Crippen LogP contribution in [0.2, 0.25) is 0 Å². The normalized spacial score (nSPS) is 12.4. The molecule has 2 aromatic carbocycles. The number of ether oxygens (including phenoxy) is 2. The molecule has 0 spiro atoms. The summed E-state index contributed by atoms with van der Waals surface area (Å²) in [6, 6.07) is 5.72. The number of alkyl halides is 8. The highest BCUT2D eigenvalue weighted by atomic mass is 19.4. The third-order valence-electron chi connectivity index (χ3n) is 3.02. The molecule has 0 radical (unpaired) electrons. The van der Waals surface area contributed by atoms with Crippen molar-refractivity contribution >= 4 is 11.6 Å². The standard InChI is InChI=1S/C16H9F8NO3/c17-14(18,19)9-2-1-3-12(8-9)27-15(20,21)13(26)25-10-4-6-11(7-5-10)28-16(22,23)24/h1-8H,(H,25,26). The average Bonchev–Trinajstić information content (AvgIpc) is 2.54. The Hall–Kier alpha value is -3.05. The molecule has 0 bridgehead atoms. The molecule has 0 unspecified atom stereocenters. The number of carbonyl (C=O) groups excluding carboxylic acids is 1. The zero-order valence-electron chi connectivity index (χ0n) is 13.4. The van der Waals surface area contributed by atoms with Crippen LogP contribution in [-0.4, -0.2) is 18.4 Å². The first-order valence-corrected chi connectivity index (χ1v) is 7.18. The Morgan fingerprint density at radius 2 is 1.39 bits per heavy atom. The van der Waals surface area contributed by atoms with E-state index in [4.69, 9.17) is 0 Å². The number of carbonyl (C=O) groups is 1. The molecule has 1 amide bonds. The van der Waals surface area contributed by atoms with Crippen LogP contribution in [0.5, 0.6) is 11.5 Å². The number of nitrogens with one attached hydrogen (secondary N) is 1. The van der Waals surface area contributed by atoms with E-state index in [1.165, 1.54) is 0 Å². The van der Waals surface area contributed by atoms with E-state index >= 15 is 0 Å². The zero-order chi connectivity index (χ0) is 21.2. The Labute approximate surface area is 151 Å². The molecule has 0 saturated heterocycles. The number of hydrogen-bond acceptors (Lipinski definition) is 3. The largest absolute Gasteiger partial charge is 0.573 e. The number of halogens is 8. The fourth-order valence-electron chi connectivity index (χ4n) is 1.87. The van der Waals surface area contributed by atoms with E-state index in [9.17, 15) is 39.9 Å².